The Morgan fingerprint density at radius 3 is 1.25 bits per heavy atom. The minimum Gasteiger partial charge on any atom is -0.261 e. The maximum Gasteiger partial charge on any atom is 0.361 e. The molecule has 0 aromatic heterocycles. The van der Waals surface area contributed by atoms with E-state index in [0.717, 1.165) is 0 Å². The zero-order valence-corrected chi connectivity index (χ0v) is 9.47. The molecular formula is C2H3F4O7PS2. The molecule has 0 unspecified atom stereocenters. The lowest BCUT2D eigenvalue weighted by molar-refractivity contribution is 0.212. The fourth-order valence-electron chi connectivity index (χ4n) is 0.276. The van der Waals surface area contributed by atoms with Gasteiger partial charge in [0.05, 0.1) is 0 Å². The topological polar surface area (TPSA) is 104 Å². The van der Waals surface area contributed by atoms with Crippen molar-refractivity contribution in [2.75, 3.05) is 0 Å². The molecule has 7 nitrogen and oxygen atoms in total. The van der Waals surface area contributed by atoms with E-state index in [4.69, 9.17) is 0 Å². The molecule has 0 bridgehead atoms. The van der Waals surface area contributed by atoms with Crippen LogP contribution in [0.5, 0.6) is 0 Å². The number of alkyl halides is 4. The fraction of sp³-hybridized carbons (Fsp3) is 1.00. The lowest BCUT2D eigenvalue weighted by atomic mass is 11.7. The molecule has 0 aliphatic heterocycles. The SMILES string of the molecule is O=[PH](OS(=O)(=O)C(F)F)OS(=O)(=O)C(F)F. The Labute approximate surface area is 87.5 Å². The highest BCUT2D eigenvalue weighted by Gasteiger charge is 2.33. The molecule has 14 heteroatoms. The molecule has 0 heterocycles. The second-order valence-corrected chi connectivity index (χ2v) is 6.44. The third-order valence-electron chi connectivity index (χ3n) is 0.805. The summed E-state index contributed by atoms with van der Waals surface area (Å²) in [6, 6.07) is 0. The highest BCUT2D eigenvalue weighted by molar-refractivity contribution is 7.93. The standard InChI is InChI=1S/C2H3F4O7PS2/c3-1(4)15(8,9)12-14(7)13-16(10,11)2(5)6/h1-2,14H. The molecule has 0 fully saturated rings. The van der Waals surface area contributed by atoms with Crippen molar-refractivity contribution in [1.29, 1.82) is 0 Å². The van der Waals surface area contributed by atoms with Crippen molar-refractivity contribution in [3.8, 4) is 0 Å². The summed E-state index contributed by atoms with van der Waals surface area (Å²) in [5.74, 6) is -8.22. The first kappa shape index (κ1) is 15.8. The maximum absolute atomic E-state index is 11.6. The van der Waals surface area contributed by atoms with E-state index < -0.39 is 40.0 Å². The van der Waals surface area contributed by atoms with E-state index in [1.807, 2.05) is 0 Å². The average Bonchev–Trinajstić information content (AvgIpc) is 2.00. The quantitative estimate of drug-likeness (QED) is 0.520. The Bertz CT molecular complexity index is 411. The van der Waals surface area contributed by atoms with Gasteiger partial charge in [-0.05, 0) is 0 Å². The van der Waals surface area contributed by atoms with E-state index >= 15 is 0 Å². The van der Waals surface area contributed by atoms with Crippen LogP contribution in [0.25, 0.3) is 0 Å². The van der Waals surface area contributed by atoms with Crippen LogP contribution in [0.1, 0.15) is 0 Å². The van der Waals surface area contributed by atoms with Gasteiger partial charge in [0.25, 0.3) is 0 Å². The van der Waals surface area contributed by atoms with Gasteiger partial charge in [-0.3, -0.25) is 4.57 Å². The van der Waals surface area contributed by atoms with Crippen molar-refractivity contribution in [2.24, 2.45) is 0 Å². The second kappa shape index (κ2) is 5.40. The Hall–Kier alpha value is -0.230. The van der Waals surface area contributed by atoms with E-state index in [0.29, 0.717) is 0 Å². The molecule has 98 valence electrons. The van der Waals surface area contributed by atoms with Crippen molar-refractivity contribution in [2.45, 2.75) is 11.5 Å². The number of rotatable bonds is 6. The minimum absolute atomic E-state index is 3.02. The van der Waals surface area contributed by atoms with Gasteiger partial charge in [0.2, 0.25) is 0 Å². The molecule has 0 aromatic carbocycles. The van der Waals surface area contributed by atoms with Crippen LogP contribution >= 0.6 is 8.25 Å². The zero-order valence-electron chi connectivity index (χ0n) is 6.84. The Morgan fingerprint density at radius 1 is 0.812 bits per heavy atom. The van der Waals surface area contributed by atoms with E-state index in [1.54, 1.807) is 0 Å². The smallest absolute Gasteiger partial charge is 0.261 e. The molecule has 0 amide bonds. The molecule has 0 aromatic rings. The molecule has 0 rings (SSSR count). The molecule has 0 atom stereocenters. The van der Waals surface area contributed by atoms with E-state index in [1.165, 1.54) is 0 Å². The molecule has 0 spiro atoms. The van der Waals surface area contributed by atoms with E-state index in [-0.39, 0.29) is 0 Å². The molecule has 0 aliphatic rings. The van der Waals surface area contributed by atoms with Crippen molar-refractivity contribution in [3.05, 3.63) is 0 Å². The molecule has 16 heavy (non-hydrogen) atoms. The lowest BCUT2D eigenvalue weighted by Crippen LogP contribution is -2.15. The van der Waals surface area contributed by atoms with Crippen molar-refractivity contribution >= 4 is 28.5 Å². The summed E-state index contributed by atoms with van der Waals surface area (Å²) in [6.07, 6.45) is 0. The van der Waals surface area contributed by atoms with Crippen LogP contribution in [0.2, 0.25) is 0 Å². The van der Waals surface area contributed by atoms with Crippen LogP contribution in [-0.4, -0.2) is 28.4 Å². The Balaban J connectivity index is 4.67. The predicted molar refractivity (Wildman–Crippen MR) is 41.0 cm³/mol. The van der Waals surface area contributed by atoms with Crippen LogP contribution < -0.4 is 0 Å². The van der Waals surface area contributed by atoms with Crippen LogP contribution in [0.4, 0.5) is 17.6 Å². The normalized spacial score (nSPS) is 13.9. The summed E-state index contributed by atoms with van der Waals surface area (Å²) in [6.45, 7) is 0. The van der Waals surface area contributed by atoms with Crippen LogP contribution in [0.15, 0.2) is 0 Å². The summed E-state index contributed by atoms with van der Waals surface area (Å²) >= 11 is 0. The number of hydrogen-bond acceptors (Lipinski definition) is 7. The average molecular weight is 310 g/mol. The van der Waals surface area contributed by atoms with Gasteiger partial charge in [0, 0.05) is 0 Å². The van der Waals surface area contributed by atoms with Gasteiger partial charge in [0.15, 0.2) is 0 Å². The monoisotopic (exact) mass is 310 g/mol. The van der Waals surface area contributed by atoms with Crippen LogP contribution in [0.3, 0.4) is 0 Å². The number of hydrogen-bond donors (Lipinski definition) is 0. The predicted octanol–water partition coefficient (Wildman–Crippen LogP) is 0.514. The van der Waals surface area contributed by atoms with Gasteiger partial charge in [0.1, 0.15) is 0 Å². The fourth-order valence-corrected chi connectivity index (χ4v) is 2.74. The molecular weight excluding hydrogens is 307 g/mol. The van der Waals surface area contributed by atoms with E-state index in [9.17, 15) is 39.0 Å². The molecule has 0 aliphatic carbocycles. The Kier molecular flexibility index (Phi) is 5.32. The van der Waals surface area contributed by atoms with Gasteiger partial charge in [-0.25, -0.2) is 0 Å². The zero-order chi connectivity index (χ0) is 13.1. The van der Waals surface area contributed by atoms with E-state index in [2.05, 4.69) is 7.94 Å². The molecule has 0 N–H and O–H groups in total. The second-order valence-electron chi connectivity index (χ2n) is 1.92. The van der Waals surface area contributed by atoms with Crippen LogP contribution in [-0.2, 0) is 32.7 Å². The molecule has 0 saturated heterocycles. The third kappa shape index (κ3) is 4.74. The lowest BCUT2D eigenvalue weighted by Gasteiger charge is -2.04. The highest BCUT2D eigenvalue weighted by atomic mass is 32.2. The summed E-state index contributed by atoms with van der Waals surface area (Å²) < 4.78 is 103. The first-order valence-corrected chi connectivity index (χ1v) is 7.12. The van der Waals surface area contributed by atoms with Gasteiger partial charge < -0.3 is 0 Å². The summed E-state index contributed by atoms with van der Waals surface area (Å²) in [5, 5.41) is 0. The van der Waals surface area contributed by atoms with Gasteiger partial charge in [-0.1, -0.05) is 0 Å². The van der Waals surface area contributed by atoms with Gasteiger partial charge in [-0.15, -0.1) is 0 Å². The molecule has 0 saturated carbocycles. The summed E-state index contributed by atoms with van der Waals surface area (Å²) in [4.78, 5) is 0. The largest absolute Gasteiger partial charge is 0.361 e. The first-order valence-electron chi connectivity index (χ1n) is 2.96. The highest BCUT2D eigenvalue weighted by Crippen LogP contribution is 2.33. The maximum atomic E-state index is 11.6. The Morgan fingerprint density at radius 2 is 1.06 bits per heavy atom. The first-order chi connectivity index (χ1) is 6.99. The van der Waals surface area contributed by atoms with Gasteiger partial charge in [-0.2, -0.15) is 42.3 Å². The molecule has 0 radical (unpaired) electrons. The minimum atomic E-state index is -5.63. The third-order valence-corrected chi connectivity index (χ3v) is 4.62. The summed E-state index contributed by atoms with van der Waals surface area (Å²) in [7, 11) is -15.8. The van der Waals surface area contributed by atoms with Gasteiger partial charge >= 0.3 is 40.0 Å². The number of halogens is 4. The summed E-state index contributed by atoms with van der Waals surface area (Å²) in [5.41, 5.74) is 0. The van der Waals surface area contributed by atoms with Crippen molar-refractivity contribution < 1.29 is 46.9 Å². The van der Waals surface area contributed by atoms with Crippen molar-refractivity contribution in [3.63, 3.8) is 0 Å². The van der Waals surface area contributed by atoms with Crippen molar-refractivity contribution in [1.82, 2.24) is 0 Å². The van der Waals surface area contributed by atoms with Crippen LogP contribution in [0, 0.1) is 0 Å².